The van der Waals surface area contributed by atoms with Gasteiger partial charge >= 0.3 is 6.09 Å². The number of benzene rings is 1. The molecule has 0 saturated carbocycles. The molecular formula is C21H29ClN4O3. The number of amides is 1. The summed E-state index contributed by atoms with van der Waals surface area (Å²) in [6, 6.07) is 9.46. The van der Waals surface area contributed by atoms with Gasteiger partial charge in [0.25, 0.3) is 5.56 Å². The van der Waals surface area contributed by atoms with Gasteiger partial charge in [0.2, 0.25) is 0 Å². The van der Waals surface area contributed by atoms with E-state index in [9.17, 15) is 9.59 Å². The highest BCUT2D eigenvalue weighted by molar-refractivity contribution is 6.30. The Morgan fingerprint density at radius 3 is 2.55 bits per heavy atom. The minimum atomic E-state index is -1.07. The van der Waals surface area contributed by atoms with E-state index in [1.807, 2.05) is 30.3 Å². The highest BCUT2D eigenvalue weighted by Gasteiger charge is 2.22. The standard InChI is InChI=1S/C21H29ClN4O3/c1-21(2,3)10-9-17(23-11-12-24-20(28)29)18-25-13-16(22)19(27)26(18)14-15-7-5-4-6-8-15/h4-8,13,17,23-24H,9-12,14H2,1-3H3,(H,28,29). The lowest BCUT2D eigenvalue weighted by molar-refractivity contribution is 0.194. The number of hydrogen-bond donors (Lipinski definition) is 3. The number of rotatable bonds is 9. The summed E-state index contributed by atoms with van der Waals surface area (Å²) in [4.78, 5) is 28.0. The maximum absolute atomic E-state index is 12.8. The van der Waals surface area contributed by atoms with Gasteiger partial charge in [0, 0.05) is 13.1 Å². The van der Waals surface area contributed by atoms with Gasteiger partial charge in [-0.3, -0.25) is 9.36 Å². The van der Waals surface area contributed by atoms with Crippen molar-refractivity contribution in [2.75, 3.05) is 13.1 Å². The number of aromatic nitrogens is 2. The van der Waals surface area contributed by atoms with Crippen LogP contribution < -0.4 is 16.2 Å². The second-order valence-corrected chi connectivity index (χ2v) is 8.59. The van der Waals surface area contributed by atoms with E-state index < -0.39 is 6.09 Å². The first kappa shape index (κ1) is 22.9. The van der Waals surface area contributed by atoms with E-state index in [1.165, 1.54) is 6.20 Å². The van der Waals surface area contributed by atoms with Crippen LogP contribution in [0.3, 0.4) is 0 Å². The summed E-state index contributed by atoms with van der Waals surface area (Å²) in [5.74, 6) is 0.600. The molecule has 2 rings (SSSR count). The van der Waals surface area contributed by atoms with Crippen LogP contribution in [0.25, 0.3) is 0 Å². The van der Waals surface area contributed by atoms with Crippen molar-refractivity contribution in [3.8, 4) is 0 Å². The van der Waals surface area contributed by atoms with Crippen LogP contribution in [0.1, 0.15) is 51.0 Å². The molecule has 0 spiro atoms. The van der Waals surface area contributed by atoms with Gasteiger partial charge in [0.15, 0.2) is 0 Å². The maximum atomic E-state index is 12.8. The molecule has 29 heavy (non-hydrogen) atoms. The molecule has 1 atom stereocenters. The molecule has 2 aromatic rings. The van der Waals surface area contributed by atoms with Crippen molar-refractivity contribution in [2.24, 2.45) is 5.41 Å². The molecule has 0 bridgehead atoms. The molecule has 0 aliphatic rings. The number of nitrogens with zero attached hydrogens (tertiary/aromatic N) is 2. The van der Waals surface area contributed by atoms with Crippen LogP contribution in [0.5, 0.6) is 0 Å². The molecule has 3 N–H and O–H groups in total. The first-order valence-corrected chi connectivity index (χ1v) is 10.0. The fourth-order valence-corrected chi connectivity index (χ4v) is 3.14. The summed E-state index contributed by atoms with van der Waals surface area (Å²) in [7, 11) is 0. The molecule has 0 fully saturated rings. The molecule has 0 radical (unpaired) electrons. The van der Waals surface area contributed by atoms with Crippen LogP contribution in [0.2, 0.25) is 5.02 Å². The zero-order valence-electron chi connectivity index (χ0n) is 17.1. The van der Waals surface area contributed by atoms with E-state index in [0.717, 1.165) is 18.4 Å². The van der Waals surface area contributed by atoms with Gasteiger partial charge in [0.1, 0.15) is 10.8 Å². The van der Waals surface area contributed by atoms with E-state index in [-0.39, 0.29) is 28.6 Å². The van der Waals surface area contributed by atoms with E-state index in [0.29, 0.717) is 18.9 Å². The predicted octanol–water partition coefficient (Wildman–Crippen LogP) is 3.67. The van der Waals surface area contributed by atoms with E-state index in [1.54, 1.807) is 4.57 Å². The second kappa shape index (κ2) is 10.4. The van der Waals surface area contributed by atoms with Gasteiger partial charge in [-0.2, -0.15) is 0 Å². The van der Waals surface area contributed by atoms with Gasteiger partial charge in [-0.15, -0.1) is 0 Å². The van der Waals surface area contributed by atoms with E-state index >= 15 is 0 Å². The maximum Gasteiger partial charge on any atom is 0.404 e. The lowest BCUT2D eigenvalue weighted by atomic mass is 9.88. The smallest absolute Gasteiger partial charge is 0.404 e. The Morgan fingerprint density at radius 2 is 1.93 bits per heavy atom. The van der Waals surface area contributed by atoms with Gasteiger partial charge < -0.3 is 15.7 Å². The summed E-state index contributed by atoms with van der Waals surface area (Å²) in [5, 5.41) is 14.5. The van der Waals surface area contributed by atoms with Gasteiger partial charge in [-0.05, 0) is 23.8 Å². The summed E-state index contributed by atoms with van der Waals surface area (Å²) in [5.41, 5.74) is 0.796. The third-order valence-electron chi connectivity index (χ3n) is 4.51. The van der Waals surface area contributed by atoms with Crippen molar-refractivity contribution >= 4 is 17.7 Å². The van der Waals surface area contributed by atoms with Crippen molar-refractivity contribution in [3.63, 3.8) is 0 Å². The lowest BCUT2D eigenvalue weighted by Crippen LogP contribution is -2.37. The van der Waals surface area contributed by atoms with Crippen molar-refractivity contribution < 1.29 is 9.90 Å². The average Bonchev–Trinajstić information content (AvgIpc) is 2.65. The highest BCUT2D eigenvalue weighted by Crippen LogP contribution is 2.27. The Labute approximate surface area is 176 Å². The fraction of sp³-hybridized carbons (Fsp3) is 0.476. The monoisotopic (exact) mass is 420 g/mol. The van der Waals surface area contributed by atoms with Crippen molar-refractivity contribution in [1.29, 1.82) is 0 Å². The van der Waals surface area contributed by atoms with Crippen LogP contribution in [-0.2, 0) is 6.54 Å². The molecule has 1 aromatic carbocycles. The molecule has 1 aromatic heterocycles. The Kier molecular flexibility index (Phi) is 8.22. The molecule has 1 heterocycles. The number of carbonyl (C=O) groups is 1. The minimum Gasteiger partial charge on any atom is -0.465 e. The Bertz CT molecular complexity index is 862. The van der Waals surface area contributed by atoms with E-state index in [2.05, 4.69) is 36.4 Å². The van der Waals surface area contributed by atoms with E-state index in [4.69, 9.17) is 16.7 Å². The average molecular weight is 421 g/mol. The summed E-state index contributed by atoms with van der Waals surface area (Å²) >= 11 is 6.08. The molecular weight excluding hydrogens is 392 g/mol. The molecule has 8 heteroatoms. The van der Waals surface area contributed by atoms with Crippen molar-refractivity contribution in [3.05, 3.63) is 63.3 Å². The zero-order valence-corrected chi connectivity index (χ0v) is 17.9. The van der Waals surface area contributed by atoms with Crippen LogP contribution >= 0.6 is 11.6 Å². The molecule has 0 aliphatic heterocycles. The highest BCUT2D eigenvalue weighted by atomic mass is 35.5. The van der Waals surface area contributed by atoms with Crippen molar-refractivity contribution in [2.45, 2.75) is 46.2 Å². The molecule has 1 amide bonds. The van der Waals surface area contributed by atoms with Gasteiger partial charge in [-0.1, -0.05) is 62.7 Å². The first-order chi connectivity index (χ1) is 13.7. The Morgan fingerprint density at radius 1 is 1.24 bits per heavy atom. The quantitative estimate of drug-likeness (QED) is 0.538. The number of halogens is 1. The summed E-state index contributed by atoms with van der Waals surface area (Å²) in [6.07, 6.45) is 1.98. The first-order valence-electron chi connectivity index (χ1n) is 9.67. The topological polar surface area (TPSA) is 96.2 Å². The summed E-state index contributed by atoms with van der Waals surface area (Å²) in [6.45, 7) is 7.51. The number of carboxylic acid groups (broad SMARTS) is 1. The number of hydrogen-bond acceptors (Lipinski definition) is 4. The number of nitrogens with one attached hydrogen (secondary N) is 2. The fourth-order valence-electron chi connectivity index (χ4n) is 2.99. The molecule has 1 unspecified atom stereocenters. The zero-order chi connectivity index (χ0) is 21.4. The molecule has 0 aliphatic carbocycles. The van der Waals surface area contributed by atoms with Crippen molar-refractivity contribution in [1.82, 2.24) is 20.2 Å². The van der Waals surface area contributed by atoms with Crippen LogP contribution in [0.4, 0.5) is 4.79 Å². The van der Waals surface area contributed by atoms with Gasteiger partial charge in [-0.25, -0.2) is 9.78 Å². The summed E-state index contributed by atoms with van der Waals surface area (Å²) < 4.78 is 1.60. The molecule has 0 saturated heterocycles. The lowest BCUT2D eigenvalue weighted by Gasteiger charge is -2.26. The Balaban J connectivity index is 2.32. The molecule has 158 valence electrons. The largest absolute Gasteiger partial charge is 0.465 e. The second-order valence-electron chi connectivity index (χ2n) is 8.18. The third-order valence-corrected chi connectivity index (χ3v) is 4.77. The van der Waals surface area contributed by atoms with Crippen LogP contribution in [-0.4, -0.2) is 33.8 Å². The minimum absolute atomic E-state index is 0.0757. The third kappa shape index (κ3) is 7.51. The normalized spacial score (nSPS) is 12.6. The van der Waals surface area contributed by atoms with Crippen LogP contribution in [0, 0.1) is 5.41 Å². The SMILES string of the molecule is CC(C)(C)CCC(NCCNC(=O)O)c1ncc(Cl)c(=O)n1Cc1ccccc1. The Hall–Kier alpha value is -2.38. The van der Waals surface area contributed by atoms with Gasteiger partial charge in [0.05, 0.1) is 18.8 Å². The van der Waals surface area contributed by atoms with Crippen LogP contribution in [0.15, 0.2) is 41.3 Å². The molecule has 7 nitrogen and oxygen atoms in total. The predicted molar refractivity (Wildman–Crippen MR) is 115 cm³/mol.